The van der Waals surface area contributed by atoms with Gasteiger partial charge in [-0.15, -0.1) is 0 Å². The molecular formula is C36H58O8. The maximum atomic E-state index is 12.5. The molecule has 0 aromatic heterocycles. The summed E-state index contributed by atoms with van der Waals surface area (Å²) in [5, 5.41) is 38.4. The summed E-state index contributed by atoms with van der Waals surface area (Å²) < 4.78 is 11.6. The summed E-state index contributed by atoms with van der Waals surface area (Å²) >= 11 is 0. The Labute approximate surface area is 264 Å². The maximum absolute atomic E-state index is 12.5. The summed E-state index contributed by atoms with van der Waals surface area (Å²) in [5.74, 6) is 0.674. The van der Waals surface area contributed by atoms with E-state index in [1.165, 1.54) is 5.57 Å². The van der Waals surface area contributed by atoms with Crippen LogP contribution in [0.5, 0.6) is 0 Å². The lowest BCUT2D eigenvalue weighted by molar-refractivity contribution is -0.253. The van der Waals surface area contributed by atoms with Gasteiger partial charge in [-0.05, 0) is 117 Å². The van der Waals surface area contributed by atoms with Crippen molar-refractivity contribution in [1.29, 1.82) is 0 Å². The normalized spacial score (nSPS) is 45.5. The van der Waals surface area contributed by atoms with Gasteiger partial charge in [0.2, 0.25) is 0 Å². The number of allylic oxidation sites excluding steroid dienone is 1. The van der Waals surface area contributed by atoms with Crippen LogP contribution in [0.2, 0.25) is 0 Å². The lowest BCUT2D eigenvalue weighted by Crippen LogP contribution is -2.67. The van der Waals surface area contributed by atoms with Gasteiger partial charge in [0.25, 0.3) is 0 Å². The van der Waals surface area contributed by atoms with E-state index in [0.717, 1.165) is 64.2 Å². The number of fused-ring (bicyclic) bond motifs is 7. The monoisotopic (exact) mass is 618 g/mol. The molecule has 0 unspecified atom stereocenters. The van der Waals surface area contributed by atoms with Gasteiger partial charge in [0.05, 0.1) is 19.8 Å². The van der Waals surface area contributed by atoms with Gasteiger partial charge in [-0.25, -0.2) is 9.59 Å². The first-order valence-corrected chi connectivity index (χ1v) is 17.1. The number of rotatable bonds is 8. The second kappa shape index (κ2) is 11.6. The van der Waals surface area contributed by atoms with E-state index in [1.54, 1.807) is 0 Å². The topological polar surface area (TPSA) is 134 Å². The molecule has 44 heavy (non-hydrogen) atoms. The van der Waals surface area contributed by atoms with E-state index in [-0.39, 0.29) is 33.2 Å². The van der Waals surface area contributed by atoms with E-state index in [0.29, 0.717) is 36.2 Å². The smallest absolute Gasteiger partial charge is 0.337 e. The molecule has 0 amide bonds. The number of carbonyl (C=O) groups excluding carboxylic acids is 2. The standard InChI is InChI=1S/C36H58O8/c1-21(2)22-10-15-36(20-43-30(41)24(39)18-37)17-16-34(6)23(29(22)36)8-9-27-33(5)13-12-28(44-31(42)25(40)19-38)32(3,4)26(33)11-14-35(27,34)7/h22-29,37-40H,1,8-20H2,2-7H3/t22-,23+,24+,25+,26-,27+,28-,29+,33-,34+,35+,36+/m0/s1. The van der Waals surface area contributed by atoms with Crippen molar-refractivity contribution in [2.75, 3.05) is 19.8 Å². The molecule has 5 fully saturated rings. The average Bonchev–Trinajstić information content (AvgIpc) is 3.37. The largest absolute Gasteiger partial charge is 0.463 e. The summed E-state index contributed by atoms with van der Waals surface area (Å²) in [6, 6.07) is 0. The molecule has 0 bridgehead atoms. The van der Waals surface area contributed by atoms with Crippen LogP contribution in [-0.2, 0) is 19.1 Å². The first kappa shape index (κ1) is 33.9. The van der Waals surface area contributed by atoms with E-state index in [4.69, 9.17) is 9.47 Å². The van der Waals surface area contributed by atoms with Gasteiger partial charge in [-0.3, -0.25) is 0 Å². The lowest BCUT2D eigenvalue weighted by atomic mass is 9.32. The second-order valence-electron chi connectivity index (χ2n) is 16.8. The third kappa shape index (κ3) is 4.91. The number of aliphatic hydroxyl groups is 4. The molecule has 0 aromatic rings. The highest BCUT2D eigenvalue weighted by atomic mass is 16.6. The predicted molar refractivity (Wildman–Crippen MR) is 166 cm³/mol. The fraction of sp³-hybridized carbons (Fsp3) is 0.889. The molecule has 0 spiro atoms. The van der Waals surface area contributed by atoms with Crippen molar-refractivity contribution in [1.82, 2.24) is 0 Å². The molecule has 0 saturated heterocycles. The Bertz CT molecular complexity index is 1140. The molecule has 0 aliphatic heterocycles. The molecule has 5 aliphatic rings. The van der Waals surface area contributed by atoms with Crippen LogP contribution in [0.3, 0.4) is 0 Å². The van der Waals surface area contributed by atoms with Crippen LogP contribution in [0, 0.1) is 56.7 Å². The molecule has 8 nitrogen and oxygen atoms in total. The average molecular weight is 619 g/mol. The predicted octanol–water partition coefficient (Wildman–Crippen LogP) is 4.81. The Hall–Kier alpha value is -1.48. The molecular weight excluding hydrogens is 560 g/mol. The number of esters is 2. The third-order valence-corrected chi connectivity index (χ3v) is 14.8. The van der Waals surface area contributed by atoms with E-state index in [9.17, 15) is 30.0 Å². The van der Waals surface area contributed by atoms with Gasteiger partial charge in [-0.1, -0.05) is 46.8 Å². The highest BCUT2D eigenvalue weighted by molar-refractivity contribution is 5.75. The molecule has 5 saturated carbocycles. The SMILES string of the molecule is C=C(C)[C@@H]1CC[C@]2(COC(=O)[C@H](O)CO)CC[C@]3(C)[C@H](CC[C@@H]4[C@@]5(C)CC[C@H](OC(=O)[C@H](O)CO)C(C)(C)[C@@H]5CC[C@]43C)[C@@H]12. The van der Waals surface area contributed by atoms with Crippen LogP contribution in [-0.4, -0.2) is 70.5 Å². The van der Waals surface area contributed by atoms with E-state index < -0.39 is 37.4 Å². The molecule has 0 aromatic carbocycles. The number of hydrogen-bond donors (Lipinski definition) is 4. The molecule has 0 radical (unpaired) electrons. The van der Waals surface area contributed by atoms with E-state index in [1.807, 2.05) is 0 Å². The Kier molecular flexibility index (Phi) is 8.96. The van der Waals surface area contributed by atoms with Crippen LogP contribution >= 0.6 is 0 Å². The molecule has 5 aliphatic carbocycles. The summed E-state index contributed by atoms with van der Waals surface area (Å²) in [7, 11) is 0. The van der Waals surface area contributed by atoms with Crippen molar-refractivity contribution in [3.63, 3.8) is 0 Å². The van der Waals surface area contributed by atoms with Crippen LogP contribution < -0.4 is 0 Å². The Balaban J connectivity index is 1.43. The lowest BCUT2D eigenvalue weighted by Gasteiger charge is -2.73. The zero-order valence-corrected chi connectivity index (χ0v) is 27.9. The number of ether oxygens (including phenoxy) is 2. The van der Waals surface area contributed by atoms with E-state index >= 15 is 0 Å². The molecule has 5 rings (SSSR count). The number of aliphatic hydroxyl groups excluding tert-OH is 4. The Morgan fingerprint density at radius 3 is 2.09 bits per heavy atom. The maximum Gasteiger partial charge on any atom is 0.337 e. The van der Waals surface area contributed by atoms with Gasteiger partial charge in [-0.2, -0.15) is 0 Å². The van der Waals surface area contributed by atoms with Crippen molar-refractivity contribution in [3.05, 3.63) is 12.2 Å². The minimum atomic E-state index is -1.50. The zero-order chi connectivity index (χ0) is 32.5. The fourth-order valence-corrected chi connectivity index (χ4v) is 12.4. The highest BCUT2D eigenvalue weighted by Gasteiger charge is 2.71. The van der Waals surface area contributed by atoms with Crippen molar-refractivity contribution in [2.24, 2.45) is 56.7 Å². The molecule has 250 valence electrons. The first-order chi connectivity index (χ1) is 20.5. The highest BCUT2D eigenvalue weighted by Crippen LogP contribution is 2.77. The van der Waals surface area contributed by atoms with Crippen LogP contribution in [0.4, 0.5) is 0 Å². The Morgan fingerprint density at radius 1 is 0.795 bits per heavy atom. The van der Waals surface area contributed by atoms with Crippen molar-refractivity contribution in [3.8, 4) is 0 Å². The first-order valence-electron chi connectivity index (χ1n) is 17.1. The number of hydrogen-bond acceptors (Lipinski definition) is 8. The summed E-state index contributed by atoms with van der Waals surface area (Å²) in [6.45, 7) is 17.7. The number of carbonyl (C=O) groups is 2. The third-order valence-electron chi connectivity index (χ3n) is 14.8. The van der Waals surface area contributed by atoms with Gasteiger partial charge in [0.1, 0.15) is 6.10 Å². The zero-order valence-electron chi connectivity index (χ0n) is 27.9. The van der Waals surface area contributed by atoms with Crippen molar-refractivity contribution < 1.29 is 39.5 Å². The van der Waals surface area contributed by atoms with Gasteiger partial charge >= 0.3 is 11.9 Å². The van der Waals surface area contributed by atoms with Crippen LogP contribution in [0.15, 0.2) is 12.2 Å². The summed E-state index contributed by atoms with van der Waals surface area (Å²) in [6.07, 6.45) is 6.99. The summed E-state index contributed by atoms with van der Waals surface area (Å²) in [4.78, 5) is 24.9. The van der Waals surface area contributed by atoms with Crippen molar-refractivity contribution >= 4 is 11.9 Å². The molecule has 12 atom stereocenters. The van der Waals surface area contributed by atoms with E-state index in [2.05, 4.69) is 48.1 Å². The van der Waals surface area contributed by atoms with Gasteiger partial charge in [0, 0.05) is 10.8 Å². The molecule has 4 N–H and O–H groups in total. The Morgan fingerprint density at radius 2 is 1.45 bits per heavy atom. The minimum absolute atomic E-state index is 0.0942. The fourth-order valence-electron chi connectivity index (χ4n) is 12.4. The minimum Gasteiger partial charge on any atom is -0.463 e. The second-order valence-corrected chi connectivity index (χ2v) is 16.8. The van der Waals surface area contributed by atoms with Gasteiger partial charge in [0.15, 0.2) is 12.2 Å². The summed E-state index contributed by atoms with van der Waals surface area (Å²) in [5.41, 5.74) is 1.17. The molecule has 8 heteroatoms. The van der Waals surface area contributed by atoms with Crippen LogP contribution in [0.25, 0.3) is 0 Å². The van der Waals surface area contributed by atoms with Gasteiger partial charge < -0.3 is 29.9 Å². The molecule has 0 heterocycles. The van der Waals surface area contributed by atoms with Crippen molar-refractivity contribution in [2.45, 2.75) is 124 Å². The quantitative estimate of drug-likeness (QED) is 0.225. The van der Waals surface area contributed by atoms with Crippen LogP contribution in [0.1, 0.15) is 106 Å².